The average Bonchev–Trinajstić information content (AvgIpc) is 2.96. The Balaban J connectivity index is 1.43. The maximum Gasteiger partial charge on any atom is 0.211 e. The van der Waals surface area contributed by atoms with Crippen molar-refractivity contribution in [2.24, 2.45) is 5.92 Å². The number of sulfonamides is 1. The predicted molar refractivity (Wildman–Crippen MR) is 112 cm³/mol. The van der Waals surface area contributed by atoms with Crippen molar-refractivity contribution in [2.75, 3.05) is 31.2 Å². The molecule has 0 saturated carbocycles. The molecule has 2 aromatic rings. The van der Waals surface area contributed by atoms with Crippen LogP contribution in [-0.2, 0) is 22.9 Å². The monoisotopic (exact) mass is 425 g/mol. The molecule has 0 spiro atoms. The summed E-state index contributed by atoms with van der Waals surface area (Å²) in [5.74, 6) is 0.480. The summed E-state index contributed by atoms with van der Waals surface area (Å²) in [4.78, 5) is 6.20. The molecule has 1 aliphatic heterocycles. The molecule has 1 fully saturated rings. The normalized spacial score (nSPS) is 18.6. The van der Waals surface area contributed by atoms with Gasteiger partial charge in [-0.25, -0.2) is 17.7 Å². The van der Waals surface area contributed by atoms with E-state index in [1.807, 2.05) is 12.1 Å². The summed E-state index contributed by atoms with van der Waals surface area (Å²) >= 11 is 7.96. The highest BCUT2D eigenvalue weighted by atomic mass is 35.5. The number of anilines is 1. The van der Waals surface area contributed by atoms with Crippen LogP contribution in [0.3, 0.4) is 0 Å². The van der Waals surface area contributed by atoms with Crippen molar-refractivity contribution < 1.29 is 8.42 Å². The molecule has 1 aromatic carbocycles. The van der Waals surface area contributed by atoms with Gasteiger partial charge in [0.2, 0.25) is 10.0 Å². The van der Waals surface area contributed by atoms with Gasteiger partial charge in [-0.15, -0.1) is 11.3 Å². The van der Waals surface area contributed by atoms with Gasteiger partial charge in [-0.05, 0) is 55.7 Å². The number of fused-ring (bicyclic) bond motifs is 3. The zero-order valence-corrected chi connectivity index (χ0v) is 17.8. The lowest BCUT2D eigenvalue weighted by molar-refractivity contribution is 0.283. The summed E-state index contributed by atoms with van der Waals surface area (Å²) < 4.78 is 24.8. The zero-order valence-electron chi connectivity index (χ0n) is 15.4. The van der Waals surface area contributed by atoms with E-state index in [2.05, 4.69) is 11.4 Å². The van der Waals surface area contributed by atoms with E-state index in [1.54, 1.807) is 15.6 Å². The molecule has 0 unspecified atom stereocenters. The molecule has 146 valence electrons. The lowest BCUT2D eigenvalue weighted by atomic mass is 9.98. The highest BCUT2D eigenvalue weighted by Gasteiger charge is 2.25. The first-order valence-electron chi connectivity index (χ1n) is 9.37. The van der Waals surface area contributed by atoms with Crippen LogP contribution in [0.4, 0.5) is 5.13 Å². The summed E-state index contributed by atoms with van der Waals surface area (Å²) in [6, 6.07) is 6.11. The standard InChI is InChI=1S/C19H24ClN3O2S2/c1-27(24,25)23-9-7-13(8-10-23)12-21-19-22-18-16-11-15(20)6-5-14(16)3-2-4-17(18)26-19/h5-6,11,13H,2-4,7-10,12H2,1H3,(H,21,22). The van der Waals surface area contributed by atoms with Crippen LogP contribution < -0.4 is 5.32 Å². The number of benzene rings is 1. The molecule has 0 atom stereocenters. The van der Waals surface area contributed by atoms with Crippen LogP contribution in [0, 0.1) is 5.92 Å². The Morgan fingerprint density at radius 3 is 2.81 bits per heavy atom. The highest BCUT2D eigenvalue weighted by molar-refractivity contribution is 7.88. The third kappa shape index (κ3) is 4.31. The van der Waals surface area contributed by atoms with Gasteiger partial charge < -0.3 is 5.32 Å². The largest absolute Gasteiger partial charge is 0.361 e. The van der Waals surface area contributed by atoms with Gasteiger partial charge in [0.15, 0.2) is 5.13 Å². The van der Waals surface area contributed by atoms with E-state index in [9.17, 15) is 8.42 Å². The molecule has 1 N–H and O–H groups in total. The lowest BCUT2D eigenvalue weighted by Gasteiger charge is -2.30. The smallest absolute Gasteiger partial charge is 0.211 e. The number of hydrogen-bond donors (Lipinski definition) is 1. The van der Waals surface area contributed by atoms with Gasteiger partial charge in [0, 0.05) is 35.1 Å². The summed E-state index contributed by atoms with van der Waals surface area (Å²) in [5, 5.41) is 5.21. The molecule has 2 heterocycles. The van der Waals surface area contributed by atoms with Crippen LogP contribution in [0.5, 0.6) is 0 Å². The number of piperidine rings is 1. The average molecular weight is 426 g/mol. The fourth-order valence-electron chi connectivity index (χ4n) is 3.91. The predicted octanol–water partition coefficient (Wildman–Crippen LogP) is 4.04. The van der Waals surface area contributed by atoms with E-state index in [-0.39, 0.29) is 0 Å². The maximum absolute atomic E-state index is 11.6. The molecule has 0 radical (unpaired) electrons. The summed E-state index contributed by atoms with van der Waals surface area (Å²) in [6.45, 7) is 2.07. The Morgan fingerprint density at radius 2 is 2.07 bits per heavy atom. The first-order valence-corrected chi connectivity index (χ1v) is 12.4. The third-order valence-corrected chi connectivity index (χ3v) is 8.07. The van der Waals surface area contributed by atoms with Crippen LogP contribution in [0.1, 0.15) is 29.7 Å². The number of nitrogens with one attached hydrogen (secondary N) is 1. The van der Waals surface area contributed by atoms with Crippen molar-refractivity contribution in [3.63, 3.8) is 0 Å². The van der Waals surface area contributed by atoms with E-state index < -0.39 is 10.0 Å². The van der Waals surface area contributed by atoms with Crippen molar-refractivity contribution in [2.45, 2.75) is 32.1 Å². The number of thiazole rings is 1. The first-order chi connectivity index (χ1) is 12.9. The molecule has 0 amide bonds. The minimum atomic E-state index is -3.06. The molecule has 0 bridgehead atoms. The Labute approximate surface area is 169 Å². The van der Waals surface area contributed by atoms with Crippen LogP contribution in [0.15, 0.2) is 18.2 Å². The van der Waals surface area contributed by atoms with E-state index in [0.717, 1.165) is 54.5 Å². The summed E-state index contributed by atoms with van der Waals surface area (Å²) in [6.07, 6.45) is 6.32. The second-order valence-electron chi connectivity index (χ2n) is 7.43. The Hall–Kier alpha value is -1.15. The molecule has 5 nitrogen and oxygen atoms in total. The van der Waals surface area contributed by atoms with Crippen LogP contribution in [-0.4, -0.2) is 43.6 Å². The maximum atomic E-state index is 11.6. The number of aromatic nitrogens is 1. The molecule has 1 aromatic heterocycles. The minimum Gasteiger partial charge on any atom is -0.361 e. The van der Waals surface area contributed by atoms with Crippen molar-refractivity contribution in [3.8, 4) is 11.3 Å². The van der Waals surface area contributed by atoms with E-state index in [4.69, 9.17) is 16.6 Å². The van der Waals surface area contributed by atoms with Gasteiger partial charge in [-0.2, -0.15) is 0 Å². The Morgan fingerprint density at radius 1 is 1.30 bits per heavy atom. The van der Waals surface area contributed by atoms with Gasteiger partial charge in [-0.3, -0.25) is 0 Å². The highest BCUT2D eigenvalue weighted by Crippen LogP contribution is 2.38. The van der Waals surface area contributed by atoms with Gasteiger partial charge in [0.05, 0.1) is 11.9 Å². The number of hydrogen-bond acceptors (Lipinski definition) is 5. The van der Waals surface area contributed by atoms with Gasteiger partial charge >= 0.3 is 0 Å². The SMILES string of the molecule is CS(=O)(=O)N1CCC(CNc2nc3c(s2)CCCc2ccc(Cl)cc2-3)CC1. The molecule has 27 heavy (non-hydrogen) atoms. The van der Waals surface area contributed by atoms with Crippen LogP contribution in [0.2, 0.25) is 5.02 Å². The van der Waals surface area contributed by atoms with Gasteiger partial charge in [0.25, 0.3) is 0 Å². The van der Waals surface area contributed by atoms with Crippen molar-refractivity contribution >= 4 is 38.1 Å². The van der Waals surface area contributed by atoms with Crippen molar-refractivity contribution in [1.82, 2.24) is 9.29 Å². The van der Waals surface area contributed by atoms with Gasteiger partial charge in [0.1, 0.15) is 0 Å². The van der Waals surface area contributed by atoms with Crippen molar-refractivity contribution in [1.29, 1.82) is 0 Å². The lowest BCUT2D eigenvalue weighted by Crippen LogP contribution is -2.39. The quantitative estimate of drug-likeness (QED) is 0.803. The molecule has 8 heteroatoms. The molecular formula is C19H24ClN3O2S2. The minimum absolute atomic E-state index is 0.480. The summed E-state index contributed by atoms with van der Waals surface area (Å²) in [7, 11) is -3.06. The number of rotatable bonds is 4. The van der Waals surface area contributed by atoms with Gasteiger partial charge in [-0.1, -0.05) is 17.7 Å². The molecule has 4 rings (SSSR count). The first kappa shape index (κ1) is 19.2. The van der Waals surface area contributed by atoms with Crippen LogP contribution in [0.25, 0.3) is 11.3 Å². The van der Waals surface area contributed by atoms with Crippen molar-refractivity contribution in [3.05, 3.63) is 33.7 Å². The Bertz CT molecular complexity index is 934. The van der Waals surface area contributed by atoms with E-state index in [1.165, 1.54) is 22.3 Å². The fraction of sp³-hybridized carbons (Fsp3) is 0.526. The number of halogens is 1. The van der Waals surface area contributed by atoms with E-state index in [0.29, 0.717) is 19.0 Å². The fourth-order valence-corrected chi connectivity index (χ4v) is 5.98. The van der Waals surface area contributed by atoms with Crippen LogP contribution >= 0.6 is 22.9 Å². The second-order valence-corrected chi connectivity index (χ2v) is 10.9. The molecular weight excluding hydrogens is 402 g/mol. The molecule has 1 saturated heterocycles. The third-order valence-electron chi connectivity index (χ3n) is 5.46. The summed E-state index contributed by atoms with van der Waals surface area (Å²) in [5.41, 5.74) is 3.56. The topological polar surface area (TPSA) is 62.3 Å². The molecule has 2 aliphatic rings. The zero-order chi connectivity index (χ0) is 19.0. The Kier molecular flexibility index (Phi) is 5.47. The second kappa shape index (κ2) is 7.70. The number of aryl methyl sites for hydroxylation is 2. The molecule has 1 aliphatic carbocycles. The number of nitrogens with zero attached hydrogens (tertiary/aromatic N) is 2. The van der Waals surface area contributed by atoms with E-state index >= 15 is 0 Å².